The topological polar surface area (TPSA) is 69.7 Å². The molecule has 2 saturated carbocycles. The number of carbonyl (C=O) groups is 3. The van der Waals surface area contributed by atoms with E-state index in [0.717, 1.165) is 19.3 Å². The van der Waals surface area contributed by atoms with Crippen LogP contribution in [0.2, 0.25) is 20.1 Å². The lowest BCUT2D eigenvalue weighted by atomic mass is 9.55. The summed E-state index contributed by atoms with van der Waals surface area (Å²) >= 11 is 25.7. The molecule has 5 nitrogen and oxygen atoms in total. The first-order valence-electron chi connectivity index (χ1n) is 11.6. The van der Waals surface area contributed by atoms with Crippen molar-refractivity contribution >= 4 is 64.1 Å². The average Bonchev–Trinajstić information content (AvgIpc) is 2.82. The van der Waals surface area contributed by atoms with Gasteiger partial charge in [0.1, 0.15) is 5.78 Å². The van der Waals surface area contributed by atoms with Crippen LogP contribution in [0.1, 0.15) is 67.9 Å². The monoisotopic (exact) mass is 554 g/mol. The number of carbonyl (C=O) groups excluding carboxylic acids is 3. The fourth-order valence-corrected chi connectivity index (χ4v) is 6.75. The fourth-order valence-electron chi connectivity index (χ4n) is 5.87. The van der Waals surface area contributed by atoms with Gasteiger partial charge in [-0.1, -0.05) is 77.1 Å². The van der Waals surface area contributed by atoms with Gasteiger partial charge in [-0.15, -0.1) is 0 Å². The van der Waals surface area contributed by atoms with Crippen molar-refractivity contribution in [3.05, 3.63) is 67.6 Å². The highest BCUT2D eigenvalue weighted by Crippen LogP contribution is 2.60. The summed E-state index contributed by atoms with van der Waals surface area (Å²) < 4.78 is 12.0. The number of benzene rings is 2. The molecule has 9 heteroatoms. The van der Waals surface area contributed by atoms with Crippen LogP contribution in [-0.4, -0.2) is 23.5 Å². The highest BCUT2D eigenvalue weighted by atomic mass is 35.5. The summed E-state index contributed by atoms with van der Waals surface area (Å²) in [6.07, 6.45) is 3.18. The lowest BCUT2D eigenvalue weighted by Crippen LogP contribution is -2.62. The van der Waals surface area contributed by atoms with E-state index < -0.39 is 35.0 Å². The lowest BCUT2D eigenvalue weighted by Gasteiger charge is -2.52. The van der Waals surface area contributed by atoms with Gasteiger partial charge in [-0.05, 0) is 36.1 Å². The van der Waals surface area contributed by atoms with Crippen LogP contribution in [0, 0.1) is 5.41 Å². The second kappa shape index (κ2) is 9.26. The first-order valence-corrected chi connectivity index (χ1v) is 13.1. The summed E-state index contributed by atoms with van der Waals surface area (Å²) in [6, 6.07) is 9.87. The Morgan fingerprint density at radius 2 is 1.14 bits per heavy atom. The number of hydrogen-bond acceptors (Lipinski definition) is 5. The molecule has 2 aromatic rings. The van der Waals surface area contributed by atoms with Gasteiger partial charge in [0.25, 0.3) is 5.79 Å². The number of ether oxygens (including phenoxy) is 2. The number of hydrogen-bond donors (Lipinski definition) is 0. The van der Waals surface area contributed by atoms with Crippen LogP contribution >= 0.6 is 46.4 Å². The van der Waals surface area contributed by atoms with Crippen molar-refractivity contribution in [3.8, 4) is 0 Å². The fraction of sp³-hybridized carbons (Fsp3) is 0.423. The van der Waals surface area contributed by atoms with Crippen LogP contribution in [0.15, 0.2) is 36.4 Å². The zero-order chi connectivity index (χ0) is 25.0. The zero-order valence-corrected chi connectivity index (χ0v) is 21.6. The molecule has 2 aliphatic carbocycles. The van der Waals surface area contributed by atoms with Gasteiger partial charge >= 0.3 is 11.9 Å². The third-order valence-corrected chi connectivity index (χ3v) is 9.19. The molecular weight excluding hydrogens is 534 g/mol. The summed E-state index contributed by atoms with van der Waals surface area (Å²) in [6.45, 7) is 0. The predicted molar refractivity (Wildman–Crippen MR) is 133 cm³/mol. The SMILES string of the molecule is O=C1CC(c2cccc(Cl)c2Cl)C2(C(=O)OC3(CCCCC3)OC2=O)C(c2cccc(Cl)c2Cl)C1. The lowest BCUT2D eigenvalue weighted by molar-refractivity contribution is -0.275. The molecule has 3 aliphatic rings. The van der Waals surface area contributed by atoms with Crippen molar-refractivity contribution in [2.24, 2.45) is 5.41 Å². The van der Waals surface area contributed by atoms with Gasteiger partial charge in [-0.2, -0.15) is 0 Å². The summed E-state index contributed by atoms with van der Waals surface area (Å²) in [7, 11) is 0. The van der Waals surface area contributed by atoms with Crippen LogP contribution in [0.25, 0.3) is 0 Å². The van der Waals surface area contributed by atoms with Crippen molar-refractivity contribution in [2.45, 2.75) is 62.6 Å². The molecule has 1 aliphatic heterocycles. The molecule has 184 valence electrons. The Hall–Kier alpha value is -1.79. The Balaban J connectivity index is 1.74. The maximum absolute atomic E-state index is 14.1. The first-order chi connectivity index (χ1) is 16.7. The van der Waals surface area contributed by atoms with Crippen LogP contribution < -0.4 is 0 Å². The highest BCUT2D eigenvalue weighted by Gasteiger charge is 2.69. The molecule has 2 atom stereocenters. The normalized spacial score (nSPS) is 25.4. The van der Waals surface area contributed by atoms with Gasteiger partial charge in [-0.3, -0.25) is 14.4 Å². The van der Waals surface area contributed by atoms with Crippen molar-refractivity contribution in [2.75, 3.05) is 0 Å². The first kappa shape index (κ1) is 24.9. The summed E-state index contributed by atoms with van der Waals surface area (Å²) in [5.41, 5.74) is -1.08. The van der Waals surface area contributed by atoms with Crippen LogP contribution in [0.4, 0.5) is 0 Å². The zero-order valence-electron chi connectivity index (χ0n) is 18.6. The van der Waals surface area contributed by atoms with E-state index in [0.29, 0.717) is 24.0 Å². The van der Waals surface area contributed by atoms with E-state index in [1.165, 1.54) is 0 Å². The number of esters is 2. The number of Topliss-reactive ketones (excluding diaryl/α,β-unsaturated/α-hetero) is 1. The van der Waals surface area contributed by atoms with E-state index in [9.17, 15) is 14.4 Å². The van der Waals surface area contributed by atoms with E-state index in [1.807, 2.05) is 0 Å². The van der Waals surface area contributed by atoms with Crippen LogP contribution in [0.3, 0.4) is 0 Å². The molecule has 0 radical (unpaired) electrons. The minimum atomic E-state index is -1.89. The molecule has 1 saturated heterocycles. The third kappa shape index (κ3) is 3.96. The molecule has 3 fully saturated rings. The maximum atomic E-state index is 14.1. The van der Waals surface area contributed by atoms with E-state index >= 15 is 0 Å². The second-order valence-electron chi connectivity index (χ2n) is 9.46. The minimum absolute atomic E-state index is 0.105. The van der Waals surface area contributed by atoms with Crippen molar-refractivity contribution < 1.29 is 23.9 Å². The van der Waals surface area contributed by atoms with Crippen LogP contribution in [-0.2, 0) is 23.9 Å². The van der Waals surface area contributed by atoms with E-state index in [4.69, 9.17) is 55.9 Å². The van der Waals surface area contributed by atoms with Crippen molar-refractivity contribution in [1.82, 2.24) is 0 Å². The Kier molecular flexibility index (Phi) is 6.58. The third-order valence-electron chi connectivity index (χ3n) is 7.52. The largest absolute Gasteiger partial charge is 0.422 e. The quantitative estimate of drug-likeness (QED) is 0.287. The van der Waals surface area contributed by atoms with E-state index in [-0.39, 0.29) is 38.7 Å². The number of ketones is 1. The van der Waals surface area contributed by atoms with E-state index in [2.05, 4.69) is 0 Å². The van der Waals surface area contributed by atoms with Crippen LogP contribution in [0.5, 0.6) is 0 Å². The molecule has 0 N–H and O–H groups in total. The maximum Gasteiger partial charge on any atom is 0.328 e. The van der Waals surface area contributed by atoms with Gasteiger partial charge in [0.15, 0.2) is 5.41 Å². The van der Waals surface area contributed by atoms with Gasteiger partial charge in [0, 0.05) is 37.5 Å². The molecular formula is C26H22Cl4O5. The minimum Gasteiger partial charge on any atom is -0.422 e. The molecule has 2 unspecified atom stereocenters. The number of halogens is 4. The standard InChI is InChI=1S/C26H22Cl4O5/c27-19-8-4-6-15(21(19)29)17-12-14(31)13-18(16-7-5-9-20(28)22(16)30)26(17)23(32)34-25(35-24(26)33)10-2-1-3-11-25/h4-9,17-18H,1-3,10-13H2. The van der Waals surface area contributed by atoms with Gasteiger partial charge < -0.3 is 9.47 Å². The summed E-state index contributed by atoms with van der Waals surface area (Å²) in [5.74, 6) is -4.83. The Morgan fingerprint density at radius 1 is 0.686 bits per heavy atom. The Morgan fingerprint density at radius 3 is 1.60 bits per heavy atom. The summed E-state index contributed by atoms with van der Waals surface area (Å²) in [4.78, 5) is 41.4. The van der Waals surface area contributed by atoms with Crippen molar-refractivity contribution in [1.29, 1.82) is 0 Å². The molecule has 35 heavy (non-hydrogen) atoms. The van der Waals surface area contributed by atoms with Gasteiger partial charge in [-0.25, -0.2) is 0 Å². The van der Waals surface area contributed by atoms with Crippen molar-refractivity contribution in [3.63, 3.8) is 0 Å². The highest BCUT2D eigenvalue weighted by molar-refractivity contribution is 6.43. The molecule has 2 spiro atoms. The van der Waals surface area contributed by atoms with Gasteiger partial charge in [0.05, 0.1) is 20.1 Å². The van der Waals surface area contributed by atoms with E-state index in [1.54, 1.807) is 36.4 Å². The molecule has 0 aromatic heterocycles. The predicted octanol–water partition coefficient (Wildman–Crippen LogP) is 7.28. The smallest absolute Gasteiger partial charge is 0.328 e. The Labute approximate surface area is 223 Å². The number of rotatable bonds is 2. The molecule has 0 bridgehead atoms. The summed E-state index contributed by atoms with van der Waals surface area (Å²) in [5, 5.41) is 0.831. The average molecular weight is 556 g/mol. The van der Waals surface area contributed by atoms with Gasteiger partial charge in [0.2, 0.25) is 0 Å². The molecule has 5 rings (SSSR count). The Bertz CT molecular complexity index is 1130. The molecule has 2 aromatic carbocycles. The second-order valence-corrected chi connectivity index (χ2v) is 11.0. The molecule has 1 heterocycles. The molecule has 0 amide bonds.